The molecule has 0 spiro atoms. The fraction of sp³-hybridized carbons (Fsp3) is 0.400. The molecule has 0 aliphatic rings. The van der Waals surface area contributed by atoms with E-state index in [4.69, 9.17) is 5.73 Å². The second-order valence-electron chi connectivity index (χ2n) is 2.98. The molecule has 0 fully saturated rings. The molecule has 1 aromatic carbocycles. The van der Waals surface area contributed by atoms with Gasteiger partial charge < -0.3 is 11.1 Å². The molecule has 2 nitrogen and oxygen atoms in total. The van der Waals surface area contributed by atoms with E-state index in [1.54, 1.807) is 0 Å². The minimum Gasteiger partial charge on any atom is -0.398 e. The van der Waals surface area contributed by atoms with Crippen LogP contribution in [0, 0.1) is 6.92 Å². The van der Waals surface area contributed by atoms with Crippen molar-refractivity contribution in [2.24, 2.45) is 0 Å². The van der Waals surface area contributed by atoms with Crippen LogP contribution < -0.4 is 11.1 Å². The summed E-state index contributed by atoms with van der Waals surface area (Å²) >= 11 is 0. The number of rotatable bonds is 3. The molecule has 1 aromatic rings. The van der Waals surface area contributed by atoms with Gasteiger partial charge in [-0.1, -0.05) is 24.6 Å². The standard InChI is InChI=1S/C10H16N2/c1-3-12-7-9-6-8(2)4-5-10(9)11/h4-6,12H,3,7,11H2,1-2H3. The molecule has 0 aromatic heterocycles. The summed E-state index contributed by atoms with van der Waals surface area (Å²) in [6, 6.07) is 6.12. The van der Waals surface area contributed by atoms with Crippen LogP contribution in [0.3, 0.4) is 0 Å². The molecular weight excluding hydrogens is 148 g/mol. The van der Waals surface area contributed by atoms with Crippen LogP contribution in [0.15, 0.2) is 18.2 Å². The van der Waals surface area contributed by atoms with Gasteiger partial charge in [0.2, 0.25) is 0 Å². The van der Waals surface area contributed by atoms with E-state index in [0.717, 1.165) is 18.8 Å². The maximum atomic E-state index is 5.79. The lowest BCUT2D eigenvalue weighted by Gasteiger charge is -2.06. The maximum absolute atomic E-state index is 5.79. The predicted molar refractivity (Wildman–Crippen MR) is 53.0 cm³/mol. The molecule has 2 heteroatoms. The molecule has 0 unspecified atom stereocenters. The first kappa shape index (κ1) is 9.07. The minimum atomic E-state index is 0.865. The van der Waals surface area contributed by atoms with Crippen LogP contribution in [0.25, 0.3) is 0 Å². The second kappa shape index (κ2) is 4.12. The van der Waals surface area contributed by atoms with Gasteiger partial charge in [-0.25, -0.2) is 0 Å². The van der Waals surface area contributed by atoms with Crippen LogP contribution in [0.1, 0.15) is 18.1 Å². The number of benzene rings is 1. The van der Waals surface area contributed by atoms with Gasteiger partial charge in [0.15, 0.2) is 0 Å². The van der Waals surface area contributed by atoms with Crippen molar-refractivity contribution < 1.29 is 0 Å². The average Bonchev–Trinajstić information content (AvgIpc) is 2.07. The van der Waals surface area contributed by atoms with Crippen molar-refractivity contribution in [3.63, 3.8) is 0 Å². The van der Waals surface area contributed by atoms with Crippen LogP contribution in [-0.2, 0) is 6.54 Å². The Morgan fingerprint density at radius 2 is 2.17 bits per heavy atom. The summed E-state index contributed by atoms with van der Waals surface area (Å²) in [6.45, 7) is 6.01. The Labute approximate surface area is 73.8 Å². The molecule has 0 atom stereocenters. The summed E-state index contributed by atoms with van der Waals surface area (Å²) in [5.41, 5.74) is 9.12. The third-order valence-corrected chi connectivity index (χ3v) is 1.86. The van der Waals surface area contributed by atoms with E-state index in [2.05, 4.69) is 25.2 Å². The fourth-order valence-corrected chi connectivity index (χ4v) is 1.15. The quantitative estimate of drug-likeness (QED) is 0.667. The average molecular weight is 164 g/mol. The molecule has 0 aliphatic carbocycles. The Morgan fingerprint density at radius 1 is 1.42 bits per heavy atom. The van der Waals surface area contributed by atoms with Gasteiger partial charge in [-0.2, -0.15) is 0 Å². The number of aryl methyl sites for hydroxylation is 1. The van der Waals surface area contributed by atoms with E-state index < -0.39 is 0 Å². The highest BCUT2D eigenvalue weighted by molar-refractivity contribution is 5.48. The van der Waals surface area contributed by atoms with Gasteiger partial charge in [-0.05, 0) is 25.1 Å². The molecule has 0 aliphatic heterocycles. The van der Waals surface area contributed by atoms with Gasteiger partial charge >= 0.3 is 0 Å². The van der Waals surface area contributed by atoms with Gasteiger partial charge in [0, 0.05) is 12.2 Å². The Kier molecular flexibility index (Phi) is 3.11. The summed E-state index contributed by atoms with van der Waals surface area (Å²) in [5.74, 6) is 0. The molecule has 0 amide bonds. The highest BCUT2D eigenvalue weighted by Crippen LogP contribution is 2.12. The summed E-state index contributed by atoms with van der Waals surface area (Å²) in [7, 11) is 0. The maximum Gasteiger partial charge on any atom is 0.0359 e. The Morgan fingerprint density at radius 3 is 2.83 bits per heavy atom. The fourth-order valence-electron chi connectivity index (χ4n) is 1.15. The highest BCUT2D eigenvalue weighted by atomic mass is 14.8. The van der Waals surface area contributed by atoms with Gasteiger partial charge in [0.1, 0.15) is 0 Å². The number of hydrogen-bond acceptors (Lipinski definition) is 2. The Bertz CT molecular complexity index is 256. The lowest BCUT2D eigenvalue weighted by atomic mass is 10.1. The van der Waals surface area contributed by atoms with Crippen LogP contribution in [-0.4, -0.2) is 6.54 Å². The van der Waals surface area contributed by atoms with E-state index >= 15 is 0 Å². The van der Waals surface area contributed by atoms with Crippen LogP contribution in [0.5, 0.6) is 0 Å². The second-order valence-corrected chi connectivity index (χ2v) is 2.98. The summed E-state index contributed by atoms with van der Waals surface area (Å²) in [4.78, 5) is 0. The van der Waals surface area contributed by atoms with Crippen LogP contribution in [0.4, 0.5) is 5.69 Å². The van der Waals surface area contributed by atoms with E-state index in [9.17, 15) is 0 Å². The van der Waals surface area contributed by atoms with Gasteiger partial charge in [-0.15, -0.1) is 0 Å². The van der Waals surface area contributed by atoms with E-state index in [0.29, 0.717) is 0 Å². The van der Waals surface area contributed by atoms with E-state index in [1.165, 1.54) is 11.1 Å². The minimum absolute atomic E-state index is 0.865. The zero-order chi connectivity index (χ0) is 8.97. The SMILES string of the molecule is CCNCc1cc(C)ccc1N. The first-order valence-corrected chi connectivity index (χ1v) is 4.29. The molecule has 0 bridgehead atoms. The largest absolute Gasteiger partial charge is 0.398 e. The van der Waals surface area contributed by atoms with Crippen LogP contribution >= 0.6 is 0 Å². The third kappa shape index (κ3) is 2.24. The smallest absolute Gasteiger partial charge is 0.0359 e. The lowest BCUT2D eigenvalue weighted by molar-refractivity contribution is 0.728. The van der Waals surface area contributed by atoms with Gasteiger partial charge in [0.25, 0.3) is 0 Å². The molecule has 0 heterocycles. The van der Waals surface area contributed by atoms with Crippen molar-refractivity contribution >= 4 is 5.69 Å². The molecule has 66 valence electrons. The Balaban J connectivity index is 2.75. The molecule has 1 rings (SSSR count). The number of anilines is 1. The topological polar surface area (TPSA) is 38.0 Å². The highest BCUT2D eigenvalue weighted by Gasteiger charge is 1.97. The number of nitrogens with one attached hydrogen (secondary N) is 1. The molecule has 3 N–H and O–H groups in total. The van der Waals surface area contributed by atoms with Crippen molar-refractivity contribution in [3.8, 4) is 0 Å². The zero-order valence-corrected chi connectivity index (χ0v) is 7.72. The molecule has 12 heavy (non-hydrogen) atoms. The predicted octanol–water partition coefficient (Wildman–Crippen LogP) is 1.69. The zero-order valence-electron chi connectivity index (χ0n) is 7.72. The summed E-state index contributed by atoms with van der Waals surface area (Å²) in [5, 5.41) is 3.25. The van der Waals surface area contributed by atoms with Gasteiger partial charge in [-0.3, -0.25) is 0 Å². The van der Waals surface area contributed by atoms with E-state index in [1.807, 2.05) is 12.1 Å². The molecular formula is C10H16N2. The normalized spacial score (nSPS) is 10.2. The third-order valence-electron chi connectivity index (χ3n) is 1.86. The lowest BCUT2D eigenvalue weighted by Crippen LogP contribution is -2.13. The van der Waals surface area contributed by atoms with Gasteiger partial charge in [0.05, 0.1) is 0 Å². The van der Waals surface area contributed by atoms with Crippen molar-refractivity contribution in [2.45, 2.75) is 20.4 Å². The first-order chi connectivity index (χ1) is 5.74. The molecule has 0 saturated heterocycles. The number of nitrogen functional groups attached to an aromatic ring is 1. The number of nitrogens with two attached hydrogens (primary N) is 1. The van der Waals surface area contributed by atoms with Crippen molar-refractivity contribution in [2.75, 3.05) is 12.3 Å². The summed E-state index contributed by atoms with van der Waals surface area (Å²) in [6.07, 6.45) is 0. The number of hydrogen-bond donors (Lipinski definition) is 2. The van der Waals surface area contributed by atoms with E-state index in [-0.39, 0.29) is 0 Å². The first-order valence-electron chi connectivity index (χ1n) is 4.29. The van der Waals surface area contributed by atoms with Crippen molar-refractivity contribution in [1.29, 1.82) is 0 Å². The van der Waals surface area contributed by atoms with Crippen molar-refractivity contribution in [1.82, 2.24) is 5.32 Å². The Hall–Kier alpha value is -1.02. The molecule has 0 radical (unpaired) electrons. The molecule has 0 saturated carbocycles. The van der Waals surface area contributed by atoms with Crippen LogP contribution in [0.2, 0.25) is 0 Å². The van der Waals surface area contributed by atoms with Crippen molar-refractivity contribution in [3.05, 3.63) is 29.3 Å². The monoisotopic (exact) mass is 164 g/mol. The summed E-state index contributed by atoms with van der Waals surface area (Å²) < 4.78 is 0.